The predicted octanol–water partition coefficient (Wildman–Crippen LogP) is 0.625. The van der Waals surface area contributed by atoms with Crippen LogP contribution < -0.4 is 14.8 Å². The van der Waals surface area contributed by atoms with E-state index in [4.69, 9.17) is 9.47 Å². The Morgan fingerprint density at radius 2 is 1.88 bits per heavy atom. The van der Waals surface area contributed by atoms with Crippen LogP contribution in [0.25, 0.3) is 0 Å². The van der Waals surface area contributed by atoms with Crippen molar-refractivity contribution in [3.05, 3.63) is 23.8 Å². The van der Waals surface area contributed by atoms with Crippen LogP contribution in [0.5, 0.6) is 11.5 Å². The number of methoxy groups -OCH3 is 2. The number of ether oxygens (including phenoxy) is 2. The maximum atomic E-state index is 12.5. The Hall–Kier alpha value is -2.28. The highest BCUT2D eigenvalue weighted by Gasteiger charge is 2.40. The number of carbonyl (C=O) groups is 2. The van der Waals surface area contributed by atoms with Gasteiger partial charge in [-0.05, 0) is 24.1 Å². The summed E-state index contributed by atoms with van der Waals surface area (Å²) in [5.41, 5.74) is 1.05. The summed E-state index contributed by atoms with van der Waals surface area (Å²) in [6, 6.07) is 5.98. The molecule has 2 aliphatic rings. The number of benzene rings is 1. The van der Waals surface area contributed by atoms with Crippen LogP contribution in [0, 0.1) is 0 Å². The third-order valence-electron chi connectivity index (χ3n) is 4.79. The molecule has 2 amide bonds. The van der Waals surface area contributed by atoms with Gasteiger partial charge in [0.25, 0.3) is 0 Å². The van der Waals surface area contributed by atoms with Crippen LogP contribution in [-0.4, -0.2) is 67.6 Å². The highest BCUT2D eigenvalue weighted by molar-refractivity contribution is 5.80. The van der Waals surface area contributed by atoms with Gasteiger partial charge in [-0.2, -0.15) is 0 Å². The highest BCUT2D eigenvalue weighted by atomic mass is 16.5. The first-order chi connectivity index (χ1) is 12.0. The van der Waals surface area contributed by atoms with Crippen molar-refractivity contribution in [2.24, 2.45) is 0 Å². The van der Waals surface area contributed by atoms with E-state index in [9.17, 15) is 9.59 Å². The van der Waals surface area contributed by atoms with Gasteiger partial charge in [-0.1, -0.05) is 0 Å². The Bertz CT molecular complexity index is 641. The van der Waals surface area contributed by atoms with Crippen LogP contribution in [-0.2, 0) is 16.1 Å². The van der Waals surface area contributed by atoms with E-state index in [-0.39, 0.29) is 23.9 Å². The van der Waals surface area contributed by atoms with Crippen molar-refractivity contribution in [1.29, 1.82) is 0 Å². The lowest BCUT2D eigenvalue weighted by atomic mass is 10.1. The summed E-state index contributed by atoms with van der Waals surface area (Å²) < 4.78 is 10.6. The Morgan fingerprint density at radius 1 is 1.20 bits per heavy atom. The van der Waals surface area contributed by atoms with Gasteiger partial charge in [0.1, 0.15) is 11.5 Å². The molecule has 2 atom stereocenters. The van der Waals surface area contributed by atoms with Gasteiger partial charge in [0.05, 0.1) is 20.8 Å². The van der Waals surface area contributed by atoms with Crippen molar-refractivity contribution in [3.63, 3.8) is 0 Å². The molecule has 0 aliphatic carbocycles. The normalized spacial score (nSPS) is 23.3. The van der Waals surface area contributed by atoms with E-state index in [2.05, 4.69) is 10.2 Å². The largest absolute Gasteiger partial charge is 0.497 e. The quantitative estimate of drug-likeness (QED) is 0.846. The molecule has 2 saturated heterocycles. The van der Waals surface area contributed by atoms with Crippen molar-refractivity contribution < 1.29 is 19.1 Å². The molecule has 0 saturated carbocycles. The van der Waals surface area contributed by atoms with Crippen LogP contribution in [0.1, 0.15) is 18.9 Å². The van der Waals surface area contributed by atoms with E-state index in [1.54, 1.807) is 14.2 Å². The van der Waals surface area contributed by atoms with E-state index in [0.717, 1.165) is 30.0 Å². The standard InChI is InChI=1S/C18H25N3O4/c1-12(22)19-14-6-15-10-20(11-18(23)21(15)9-14)8-13-4-16(24-2)7-17(5-13)25-3/h4-5,7,14-15H,6,8-11H2,1-3H3,(H,19,22)/t14-,15-/m0/s1. The van der Waals surface area contributed by atoms with E-state index in [1.807, 2.05) is 23.1 Å². The molecule has 3 rings (SSSR count). The first-order valence-electron chi connectivity index (χ1n) is 8.49. The zero-order valence-corrected chi connectivity index (χ0v) is 14.9. The first kappa shape index (κ1) is 17.5. The fraction of sp³-hybridized carbons (Fsp3) is 0.556. The molecular formula is C18H25N3O4. The second-order valence-electron chi connectivity index (χ2n) is 6.72. The van der Waals surface area contributed by atoms with Crippen molar-refractivity contribution in [1.82, 2.24) is 15.1 Å². The predicted molar refractivity (Wildman–Crippen MR) is 92.5 cm³/mol. The smallest absolute Gasteiger partial charge is 0.237 e. The lowest BCUT2D eigenvalue weighted by Crippen LogP contribution is -2.53. The van der Waals surface area contributed by atoms with Gasteiger partial charge in [0, 0.05) is 44.7 Å². The zero-order valence-electron chi connectivity index (χ0n) is 14.9. The van der Waals surface area contributed by atoms with Crippen LogP contribution >= 0.6 is 0 Å². The molecule has 1 aromatic carbocycles. The maximum Gasteiger partial charge on any atom is 0.237 e. The minimum absolute atomic E-state index is 0.0439. The van der Waals surface area contributed by atoms with Gasteiger partial charge in [-0.25, -0.2) is 0 Å². The number of fused-ring (bicyclic) bond motifs is 1. The number of hydrogen-bond acceptors (Lipinski definition) is 5. The average molecular weight is 347 g/mol. The third kappa shape index (κ3) is 4.04. The summed E-state index contributed by atoms with van der Waals surface area (Å²) in [5, 5.41) is 2.93. The lowest BCUT2D eigenvalue weighted by Gasteiger charge is -2.37. The Balaban J connectivity index is 1.67. The van der Waals surface area contributed by atoms with Gasteiger partial charge in [-0.15, -0.1) is 0 Å². The number of amides is 2. The maximum absolute atomic E-state index is 12.5. The van der Waals surface area contributed by atoms with Gasteiger partial charge >= 0.3 is 0 Å². The molecule has 25 heavy (non-hydrogen) atoms. The molecule has 2 aliphatic heterocycles. The van der Waals surface area contributed by atoms with Crippen molar-refractivity contribution >= 4 is 11.8 Å². The summed E-state index contributed by atoms with van der Waals surface area (Å²) >= 11 is 0. The Labute approximate surface area is 147 Å². The van der Waals surface area contributed by atoms with E-state index in [0.29, 0.717) is 19.6 Å². The molecule has 1 aromatic rings. The van der Waals surface area contributed by atoms with E-state index < -0.39 is 0 Å². The third-order valence-corrected chi connectivity index (χ3v) is 4.79. The molecule has 2 fully saturated rings. The van der Waals surface area contributed by atoms with Gasteiger partial charge in [-0.3, -0.25) is 14.5 Å². The van der Waals surface area contributed by atoms with Crippen molar-refractivity contribution in [2.45, 2.75) is 32.0 Å². The summed E-state index contributed by atoms with van der Waals surface area (Å²) in [7, 11) is 3.25. The summed E-state index contributed by atoms with van der Waals surface area (Å²) in [4.78, 5) is 27.8. The fourth-order valence-electron chi connectivity index (χ4n) is 3.77. The van der Waals surface area contributed by atoms with E-state index >= 15 is 0 Å². The number of piperazine rings is 1. The zero-order chi connectivity index (χ0) is 18.0. The molecule has 7 heteroatoms. The second-order valence-corrected chi connectivity index (χ2v) is 6.72. The molecule has 7 nitrogen and oxygen atoms in total. The molecule has 0 radical (unpaired) electrons. The van der Waals surface area contributed by atoms with Crippen LogP contribution in [0.15, 0.2) is 18.2 Å². The Morgan fingerprint density at radius 3 is 2.48 bits per heavy atom. The SMILES string of the molecule is COc1cc(CN2CC(=O)N3C[C@@H](NC(C)=O)C[C@H]3C2)cc(OC)c1. The second kappa shape index (κ2) is 7.31. The number of nitrogens with zero attached hydrogens (tertiary/aromatic N) is 2. The molecular weight excluding hydrogens is 322 g/mol. The van der Waals surface area contributed by atoms with Crippen LogP contribution in [0.2, 0.25) is 0 Å². The number of rotatable bonds is 5. The first-order valence-corrected chi connectivity index (χ1v) is 8.49. The molecule has 0 spiro atoms. The number of carbonyl (C=O) groups excluding carboxylic acids is 2. The summed E-state index contributed by atoms with van der Waals surface area (Å²) in [6.07, 6.45) is 0.809. The topological polar surface area (TPSA) is 71.1 Å². The summed E-state index contributed by atoms with van der Waals surface area (Å²) in [5.74, 6) is 1.56. The number of nitrogens with one attached hydrogen (secondary N) is 1. The lowest BCUT2D eigenvalue weighted by molar-refractivity contribution is -0.138. The monoisotopic (exact) mass is 347 g/mol. The summed E-state index contributed by atoms with van der Waals surface area (Å²) in [6.45, 7) is 3.99. The van der Waals surface area contributed by atoms with Gasteiger partial charge in [0.15, 0.2) is 0 Å². The minimum Gasteiger partial charge on any atom is -0.497 e. The molecule has 1 N–H and O–H groups in total. The molecule has 0 bridgehead atoms. The fourth-order valence-corrected chi connectivity index (χ4v) is 3.77. The van der Waals surface area contributed by atoms with E-state index in [1.165, 1.54) is 6.92 Å². The molecule has 0 aromatic heterocycles. The minimum atomic E-state index is -0.0439. The van der Waals surface area contributed by atoms with Crippen LogP contribution in [0.4, 0.5) is 0 Å². The van der Waals surface area contributed by atoms with Crippen molar-refractivity contribution in [3.8, 4) is 11.5 Å². The Kier molecular flexibility index (Phi) is 5.13. The van der Waals surface area contributed by atoms with Crippen LogP contribution in [0.3, 0.4) is 0 Å². The van der Waals surface area contributed by atoms with Gasteiger partial charge in [0.2, 0.25) is 11.8 Å². The highest BCUT2D eigenvalue weighted by Crippen LogP contribution is 2.27. The molecule has 0 unspecified atom stereocenters. The van der Waals surface area contributed by atoms with Crippen molar-refractivity contribution in [2.75, 3.05) is 33.9 Å². The van der Waals surface area contributed by atoms with Gasteiger partial charge < -0.3 is 19.7 Å². The molecule has 136 valence electrons. The number of hydrogen-bond donors (Lipinski definition) is 1. The average Bonchev–Trinajstić information content (AvgIpc) is 2.96. The molecule has 2 heterocycles.